The van der Waals surface area contributed by atoms with Crippen molar-refractivity contribution in [3.8, 4) is 5.75 Å². The average molecular weight is 259 g/mol. The predicted octanol–water partition coefficient (Wildman–Crippen LogP) is 3.30. The molecule has 2 unspecified atom stereocenters. The lowest BCUT2D eigenvalue weighted by atomic mass is 9.88. The van der Waals surface area contributed by atoms with Crippen LogP contribution in [0.1, 0.15) is 24.4 Å². The summed E-state index contributed by atoms with van der Waals surface area (Å²) >= 11 is 0. The Morgan fingerprint density at radius 3 is 2.78 bits per heavy atom. The van der Waals surface area contributed by atoms with Crippen molar-refractivity contribution in [2.24, 2.45) is 5.92 Å². The minimum atomic E-state index is -4.10. The fourth-order valence-corrected chi connectivity index (χ4v) is 2.33. The van der Waals surface area contributed by atoms with E-state index in [1.165, 1.54) is 0 Å². The smallest absolute Gasteiger partial charge is 0.391 e. The normalized spacial score (nSPS) is 24.9. The average Bonchev–Trinajstić information content (AvgIpc) is 2.38. The largest absolute Gasteiger partial charge is 0.497 e. The van der Waals surface area contributed by atoms with Crippen LogP contribution < -0.4 is 10.1 Å². The first-order chi connectivity index (χ1) is 8.50. The van der Waals surface area contributed by atoms with Crippen molar-refractivity contribution in [3.05, 3.63) is 29.8 Å². The molecular formula is C13H16F3NO. The van der Waals surface area contributed by atoms with E-state index in [2.05, 4.69) is 5.32 Å². The maximum Gasteiger partial charge on any atom is 0.391 e. The molecule has 1 heterocycles. The number of hydrogen-bond donors (Lipinski definition) is 1. The molecule has 100 valence electrons. The summed E-state index contributed by atoms with van der Waals surface area (Å²) in [7, 11) is 1.55. The predicted molar refractivity (Wildman–Crippen MR) is 62.5 cm³/mol. The first-order valence-corrected chi connectivity index (χ1v) is 5.95. The molecule has 1 fully saturated rings. The van der Waals surface area contributed by atoms with Gasteiger partial charge < -0.3 is 10.1 Å². The van der Waals surface area contributed by atoms with Gasteiger partial charge in [-0.05, 0) is 37.1 Å². The van der Waals surface area contributed by atoms with Gasteiger partial charge in [0.1, 0.15) is 5.75 Å². The Balaban J connectivity index is 2.13. The van der Waals surface area contributed by atoms with Crippen LogP contribution in [0.15, 0.2) is 24.3 Å². The van der Waals surface area contributed by atoms with Crippen LogP contribution in [0, 0.1) is 5.92 Å². The molecule has 0 aromatic heterocycles. The third-order valence-corrected chi connectivity index (χ3v) is 3.36. The number of methoxy groups -OCH3 is 1. The molecular weight excluding hydrogens is 243 g/mol. The second-order valence-corrected chi connectivity index (χ2v) is 4.55. The van der Waals surface area contributed by atoms with Crippen molar-refractivity contribution in [1.29, 1.82) is 0 Å². The number of piperidine rings is 1. The standard InChI is InChI=1S/C13H16F3NO/c1-18-11-4-2-3-9(7-11)12-8-10(5-6-17-12)13(14,15)16/h2-4,7,10,12,17H,5-6,8H2,1H3. The van der Waals surface area contributed by atoms with Crippen molar-refractivity contribution in [2.75, 3.05) is 13.7 Å². The first-order valence-electron chi connectivity index (χ1n) is 5.95. The Hall–Kier alpha value is -1.23. The van der Waals surface area contributed by atoms with E-state index in [4.69, 9.17) is 4.74 Å². The molecule has 0 radical (unpaired) electrons. The van der Waals surface area contributed by atoms with Gasteiger partial charge in [-0.25, -0.2) is 0 Å². The van der Waals surface area contributed by atoms with Gasteiger partial charge >= 0.3 is 6.18 Å². The number of hydrogen-bond acceptors (Lipinski definition) is 2. The van der Waals surface area contributed by atoms with Crippen molar-refractivity contribution in [1.82, 2.24) is 5.32 Å². The molecule has 2 atom stereocenters. The number of alkyl halides is 3. The second-order valence-electron chi connectivity index (χ2n) is 4.55. The van der Waals surface area contributed by atoms with Gasteiger partial charge in [-0.2, -0.15) is 13.2 Å². The lowest BCUT2D eigenvalue weighted by Crippen LogP contribution is -2.38. The SMILES string of the molecule is COc1cccc(C2CC(C(F)(F)F)CCN2)c1. The first kappa shape index (κ1) is 13.2. The van der Waals surface area contributed by atoms with Crippen LogP contribution in [0.5, 0.6) is 5.75 Å². The molecule has 0 amide bonds. The van der Waals surface area contributed by atoms with Gasteiger partial charge in [-0.3, -0.25) is 0 Å². The van der Waals surface area contributed by atoms with Gasteiger partial charge in [-0.1, -0.05) is 12.1 Å². The van der Waals surface area contributed by atoms with Crippen molar-refractivity contribution < 1.29 is 17.9 Å². The molecule has 0 saturated carbocycles. The van der Waals surface area contributed by atoms with Crippen LogP contribution in [0.4, 0.5) is 13.2 Å². The Bertz CT molecular complexity index is 405. The van der Waals surface area contributed by atoms with Crippen molar-refractivity contribution in [3.63, 3.8) is 0 Å². The van der Waals surface area contributed by atoms with Crippen LogP contribution in [0.25, 0.3) is 0 Å². The summed E-state index contributed by atoms with van der Waals surface area (Å²) in [5, 5.41) is 3.13. The zero-order valence-corrected chi connectivity index (χ0v) is 10.1. The summed E-state index contributed by atoms with van der Waals surface area (Å²) in [5.74, 6) is -0.543. The van der Waals surface area contributed by atoms with Crippen LogP contribution in [-0.2, 0) is 0 Å². The Labute approximate surface area is 104 Å². The van der Waals surface area contributed by atoms with Gasteiger partial charge in [0.15, 0.2) is 0 Å². The third kappa shape index (κ3) is 2.96. The molecule has 2 nitrogen and oxygen atoms in total. The Kier molecular flexibility index (Phi) is 3.80. The van der Waals surface area contributed by atoms with Gasteiger partial charge in [0.2, 0.25) is 0 Å². The minimum absolute atomic E-state index is 0.0939. The molecule has 1 aromatic rings. The number of rotatable bonds is 2. The zero-order valence-electron chi connectivity index (χ0n) is 10.1. The second kappa shape index (κ2) is 5.18. The molecule has 18 heavy (non-hydrogen) atoms. The molecule has 0 bridgehead atoms. The maximum atomic E-state index is 12.7. The zero-order chi connectivity index (χ0) is 13.2. The van der Waals surface area contributed by atoms with Crippen LogP contribution in [0.3, 0.4) is 0 Å². The quantitative estimate of drug-likeness (QED) is 0.880. The lowest BCUT2D eigenvalue weighted by Gasteiger charge is -2.32. The van der Waals surface area contributed by atoms with E-state index in [1.807, 2.05) is 6.07 Å². The van der Waals surface area contributed by atoms with E-state index in [1.54, 1.807) is 25.3 Å². The van der Waals surface area contributed by atoms with Gasteiger partial charge in [0, 0.05) is 6.04 Å². The van der Waals surface area contributed by atoms with E-state index in [9.17, 15) is 13.2 Å². The molecule has 1 N–H and O–H groups in total. The fourth-order valence-electron chi connectivity index (χ4n) is 2.33. The molecule has 1 aliphatic heterocycles. The van der Waals surface area contributed by atoms with Gasteiger partial charge in [-0.15, -0.1) is 0 Å². The van der Waals surface area contributed by atoms with E-state index in [-0.39, 0.29) is 18.9 Å². The maximum absolute atomic E-state index is 12.7. The minimum Gasteiger partial charge on any atom is -0.497 e. The highest BCUT2D eigenvalue weighted by molar-refractivity contribution is 5.30. The molecule has 0 spiro atoms. The van der Waals surface area contributed by atoms with Crippen LogP contribution in [0.2, 0.25) is 0 Å². The van der Waals surface area contributed by atoms with E-state index in [0.717, 1.165) is 5.56 Å². The summed E-state index contributed by atoms with van der Waals surface area (Å²) in [5.41, 5.74) is 0.850. The third-order valence-electron chi connectivity index (χ3n) is 3.36. The Morgan fingerprint density at radius 1 is 1.33 bits per heavy atom. The Morgan fingerprint density at radius 2 is 2.11 bits per heavy atom. The monoisotopic (exact) mass is 259 g/mol. The van der Waals surface area contributed by atoms with Crippen LogP contribution in [-0.4, -0.2) is 19.8 Å². The molecule has 2 rings (SSSR count). The summed E-state index contributed by atoms with van der Waals surface area (Å²) in [4.78, 5) is 0. The number of ether oxygens (including phenoxy) is 1. The topological polar surface area (TPSA) is 21.3 Å². The van der Waals surface area contributed by atoms with Gasteiger partial charge in [0.25, 0.3) is 0 Å². The summed E-state index contributed by atoms with van der Waals surface area (Å²) in [6.45, 7) is 0.395. The highest BCUT2D eigenvalue weighted by Gasteiger charge is 2.42. The highest BCUT2D eigenvalue weighted by Crippen LogP contribution is 2.38. The van der Waals surface area contributed by atoms with Crippen LogP contribution >= 0.6 is 0 Å². The van der Waals surface area contributed by atoms with Crippen molar-refractivity contribution >= 4 is 0 Å². The molecule has 1 saturated heterocycles. The molecule has 1 aromatic carbocycles. The molecule has 5 heteroatoms. The number of nitrogens with one attached hydrogen (secondary N) is 1. The van der Waals surface area contributed by atoms with Crippen molar-refractivity contribution in [2.45, 2.75) is 25.1 Å². The van der Waals surface area contributed by atoms with E-state index >= 15 is 0 Å². The summed E-state index contributed by atoms with van der Waals surface area (Å²) in [6.07, 6.45) is -3.85. The highest BCUT2D eigenvalue weighted by atomic mass is 19.4. The summed E-state index contributed by atoms with van der Waals surface area (Å²) < 4.78 is 43.3. The number of benzene rings is 1. The molecule has 0 aliphatic carbocycles. The lowest BCUT2D eigenvalue weighted by molar-refractivity contribution is -0.183. The fraction of sp³-hybridized carbons (Fsp3) is 0.538. The number of halogens is 3. The summed E-state index contributed by atoms with van der Waals surface area (Å²) in [6, 6.07) is 6.95. The van der Waals surface area contributed by atoms with E-state index < -0.39 is 12.1 Å². The molecule has 1 aliphatic rings. The van der Waals surface area contributed by atoms with E-state index in [0.29, 0.717) is 12.3 Å². The van der Waals surface area contributed by atoms with Gasteiger partial charge in [0.05, 0.1) is 13.0 Å².